The first-order valence-corrected chi connectivity index (χ1v) is 5.32. The van der Waals surface area contributed by atoms with Crippen molar-refractivity contribution in [1.29, 1.82) is 0 Å². The van der Waals surface area contributed by atoms with Gasteiger partial charge in [-0.15, -0.1) is 0 Å². The summed E-state index contributed by atoms with van der Waals surface area (Å²) in [5, 5.41) is 0. The SMILES string of the molecule is Nc1cc(Br)c(OCC(F)(F)F)c(Br)c1. The number of benzene rings is 1. The average Bonchev–Trinajstić information content (AvgIpc) is 1.99. The third-order valence-corrected chi connectivity index (χ3v) is 2.58. The molecule has 0 aromatic heterocycles. The van der Waals surface area contributed by atoms with Crippen LogP contribution >= 0.6 is 31.9 Å². The third-order valence-electron chi connectivity index (χ3n) is 1.40. The normalized spacial score (nSPS) is 11.5. The fourth-order valence-electron chi connectivity index (χ4n) is 0.871. The Bertz CT molecular complexity index is 344. The van der Waals surface area contributed by atoms with Crippen LogP contribution in [0.4, 0.5) is 18.9 Å². The molecule has 0 heterocycles. The second kappa shape index (κ2) is 4.61. The molecule has 0 saturated carbocycles. The van der Waals surface area contributed by atoms with E-state index in [0.717, 1.165) is 0 Å². The Morgan fingerprint density at radius 1 is 1.20 bits per heavy atom. The minimum absolute atomic E-state index is 0.0847. The number of hydrogen-bond donors (Lipinski definition) is 1. The Hall–Kier alpha value is -0.430. The molecular weight excluding hydrogens is 343 g/mol. The molecule has 0 bridgehead atoms. The molecular formula is C8H6Br2F3NO. The van der Waals surface area contributed by atoms with E-state index >= 15 is 0 Å². The van der Waals surface area contributed by atoms with Crippen molar-refractivity contribution in [1.82, 2.24) is 0 Å². The van der Waals surface area contributed by atoms with Gasteiger partial charge in [-0.25, -0.2) is 0 Å². The van der Waals surface area contributed by atoms with Gasteiger partial charge in [0, 0.05) is 5.69 Å². The standard InChI is InChI=1S/C8H6Br2F3NO/c9-5-1-4(14)2-6(10)7(5)15-3-8(11,12)13/h1-2H,3,14H2. The number of nitrogens with two attached hydrogens (primary N) is 1. The van der Waals surface area contributed by atoms with Gasteiger partial charge >= 0.3 is 6.18 Å². The van der Waals surface area contributed by atoms with Gasteiger partial charge < -0.3 is 10.5 Å². The van der Waals surface area contributed by atoms with Crippen LogP contribution in [0.2, 0.25) is 0 Å². The van der Waals surface area contributed by atoms with Crippen LogP contribution in [0.3, 0.4) is 0 Å². The van der Waals surface area contributed by atoms with Crippen molar-refractivity contribution in [2.75, 3.05) is 12.3 Å². The number of alkyl halides is 3. The van der Waals surface area contributed by atoms with E-state index in [1.54, 1.807) is 0 Å². The number of rotatable bonds is 2. The lowest BCUT2D eigenvalue weighted by atomic mass is 10.3. The third kappa shape index (κ3) is 3.90. The number of anilines is 1. The molecule has 0 radical (unpaired) electrons. The van der Waals surface area contributed by atoms with Crippen molar-refractivity contribution < 1.29 is 17.9 Å². The molecule has 0 amide bonds. The molecule has 15 heavy (non-hydrogen) atoms. The molecule has 1 aromatic rings. The molecule has 0 aliphatic heterocycles. The maximum Gasteiger partial charge on any atom is 0.422 e. The zero-order valence-corrected chi connectivity index (χ0v) is 10.4. The van der Waals surface area contributed by atoms with Gasteiger partial charge in [0.1, 0.15) is 5.75 Å². The van der Waals surface area contributed by atoms with Crippen molar-refractivity contribution in [3.8, 4) is 5.75 Å². The van der Waals surface area contributed by atoms with Crippen LogP contribution in [0.5, 0.6) is 5.75 Å². The van der Waals surface area contributed by atoms with E-state index in [1.807, 2.05) is 0 Å². The fraction of sp³-hybridized carbons (Fsp3) is 0.250. The number of halogens is 5. The van der Waals surface area contributed by atoms with Crippen LogP contribution in [-0.4, -0.2) is 12.8 Å². The zero-order chi connectivity index (χ0) is 11.6. The van der Waals surface area contributed by atoms with Crippen LogP contribution in [-0.2, 0) is 0 Å². The van der Waals surface area contributed by atoms with Gasteiger partial charge in [0.05, 0.1) is 8.95 Å². The Kier molecular flexibility index (Phi) is 3.88. The minimum Gasteiger partial charge on any atom is -0.482 e. The van der Waals surface area contributed by atoms with E-state index in [1.165, 1.54) is 12.1 Å². The van der Waals surface area contributed by atoms with Crippen LogP contribution in [0, 0.1) is 0 Å². The molecule has 1 rings (SSSR count). The van der Waals surface area contributed by atoms with Crippen LogP contribution < -0.4 is 10.5 Å². The Labute approximate surface area is 101 Å². The van der Waals surface area contributed by atoms with Crippen LogP contribution in [0.1, 0.15) is 0 Å². The molecule has 0 atom stereocenters. The van der Waals surface area contributed by atoms with E-state index in [9.17, 15) is 13.2 Å². The first-order chi connectivity index (χ1) is 6.79. The molecule has 7 heteroatoms. The van der Waals surface area contributed by atoms with Crippen molar-refractivity contribution in [2.45, 2.75) is 6.18 Å². The molecule has 0 unspecified atom stereocenters. The number of ether oxygens (including phenoxy) is 1. The molecule has 0 fully saturated rings. The summed E-state index contributed by atoms with van der Waals surface area (Å²) in [4.78, 5) is 0. The Morgan fingerprint density at radius 2 is 1.67 bits per heavy atom. The molecule has 2 nitrogen and oxygen atoms in total. The maximum absolute atomic E-state index is 11.9. The minimum atomic E-state index is -4.36. The molecule has 0 spiro atoms. The first kappa shape index (κ1) is 12.6. The molecule has 84 valence electrons. The summed E-state index contributed by atoms with van der Waals surface area (Å²) in [6.45, 7) is -1.34. The summed E-state index contributed by atoms with van der Waals surface area (Å²) in [5.41, 5.74) is 5.90. The molecule has 2 N–H and O–H groups in total. The van der Waals surface area contributed by atoms with Crippen LogP contribution in [0.25, 0.3) is 0 Å². The van der Waals surface area contributed by atoms with Gasteiger partial charge in [0.25, 0.3) is 0 Å². The highest BCUT2D eigenvalue weighted by Crippen LogP contribution is 2.36. The van der Waals surface area contributed by atoms with Gasteiger partial charge in [0.15, 0.2) is 6.61 Å². The van der Waals surface area contributed by atoms with E-state index in [2.05, 4.69) is 36.6 Å². The average molecular weight is 349 g/mol. The van der Waals surface area contributed by atoms with Gasteiger partial charge in [-0.05, 0) is 44.0 Å². The lowest BCUT2D eigenvalue weighted by Crippen LogP contribution is -2.19. The predicted octanol–water partition coefficient (Wildman–Crippen LogP) is 3.73. The number of nitrogen functional groups attached to an aromatic ring is 1. The second-order valence-electron chi connectivity index (χ2n) is 2.72. The fourth-order valence-corrected chi connectivity index (χ4v) is 2.32. The quantitative estimate of drug-likeness (QED) is 0.826. The topological polar surface area (TPSA) is 35.2 Å². The van der Waals surface area contributed by atoms with E-state index in [0.29, 0.717) is 14.6 Å². The lowest BCUT2D eigenvalue weighted by Gasteiger charge is -2.12. The van der Waals surface area contributed by atoms with E-state index in [4.69, 9.17) is 5.73 Å². The highest BCUT2D eigenvalue weighted by Gasteiger charge is 2.29. The molecule has 0 saturated heterocycles. The summed E-state index contributed by atoms with van der Waals surface area (Å²) in [6.07, 6.45) is -4.36. The van der Waals surface area contributed by atoms with Gasteiger partial charge in [-0.3, -0.25) is 0 Å². The van der Waals surface area contributed by atoms with Gasteiger partial charge in [0.2, 0.25) is 0 Å². The van der Waals surface area contributed by atoms with Crippen molar-refractivity contribution in [2.24, 2.45) is 0 Å². The largest absolute Gasteiger partial charge is 0.482 e. The summed E-state index contributed by atoms with van der Waals surface area (Å²) in [7, 11) is 0. The molecule has 0 aliphatic rings. The monoisotopic (exact) mass is 347 g/mol. The summed E-state index contributed by atoms with van der Waals surface area (Å²) >= 11 is 6.13. The van der Waals surface area contributed by atoms with Gasteiger partial charge in [-0.2, -0.15) is 13.2 Å². The van der Waals surface area contributed by atoms with Crippen molar-refractivity contribution in [3.05, 3.63) is 21.1 Å². The number of hydrogen-bond acceptors (Lipinski definition) is 2. The smallest absolute Gasteiger partial charge is 0.422 e. The summed E-state index contributed by atoms with van der Waals surface area (Å²) < 4.78 is 41.1. The van der Waals surface area contributed by atoms with Gasteiger partial charge in [-0.1, -0.05) is 0 Å². The van der Waals surface area contributed by atoms with Crippen molar-refractivity contribution in [3.63, 3.8) is 0 Å². The highest BCUT2D eigenvalue weighted by molar-refractivity contribution is 9.11. The summed E-state index contributed by atoms with van der Waals surface area (Å²) in [5.74, 6) is 0.0847. The molecule has 0 aliphatic carbocycles. The first-order valence-electron chi connectivity index (χ1n) is 3.73. The maximum atomic E-state index is 11.9. The van der Waals surface area contributed by atoms with E-state index < -0.39 is 12.8 Å². The predicted molar refractivity (Wildman–Crippen MR) is 57.8 cm³/mol. The lowest BCUT2D eigenvalue weighted by molar-refractivity contribution is -0.153. The van der Waals surface area contributed by atoms with Crippen molar-refractivity contribution >= 4 is 37.5 Å². The van der Waals surface area contributed by atoms with E-state index in [-0.39, 0.29) is 5.75 Å². The summed E-state index contributed by atoms with van der Waals surface area (Å²) in [6, 6.07) is 2.94. The molecule has 1 aromatic carbocycles. The Morgan fingerprint density at radius 3 is 2.07 bits per heavy atom. The Balaban J connectivity index is 2.86. The highest BCUT2D eigenvalue weighted by atomic mass is 79.9. The van der Waals surface area contributed by atoms with Crippen LogP contribution in [0.15, 0.2) is 21.1 Å². The zero-order valence-electron chi connectivity index (χ0n) is 7.24. The second-order valence-corrected chi connectivity index (χ2v) is 4.43.